The zero-order valence-corrected chi connectivity index (χ0v) is 11.5. The van der Waals surface area contributed by atoms with E-state index in [0.29, 0.717) is 12.1 Å². The Morgan fingerprint density at radius 3 is 2.84 bits per heavy atom. The molecule has 1 amide bonds. The van der Waals surface area contributed by atoms with Crippen LogP contribution < -0.4 is 11.1 Å². The van der Waals surface area contributed by atoms with Crippen LogP contribution in [0.4, 0.5) is 4.39 Å². The predicted octanol–water partition coefficient (Wildman–Crippen LogP) is 2.86. The molecule has 6 heteroatoms. The van der Waals surface area contributed by atoms with E-state index in [9.17, 15) is 9.18 Å². The molecule has 0 aliphatic heterocycles. The van der Waals surface area contributed by atoms with Crippen LogP contribution in [0.2, 0.25) is 5.02 Å². The number of benzene rings is 1. The summed E-state index contributed by atoms with van der Waals surface area (Å²) in [5, 5.41) is 4.97. The van der Waals surface area contributed by atoms with Crippen LogP contribution in [0.1, 0.15) is 16.5 Å². The van der Waals surface area contributed by atoms with Crippen molar-refractivity contribution in [1.82, 2.24) is 5.32 Å². The zero-order chi connectivity index (χ0) is 13.8. The van der Waals surface area contributed by atoms with Crippen LogP contribution in [0.5, 0.6) is 0 Å². The Morgan fingerprint density at radius 1 is 1.47 bits per heavy atom. The van der Waals surface area contributed by atoms with E-state index in [1.54, 1.807) is 17.4 Å². The minimum absolute atomic E-state index is 0.0187. The number of carbonyl (C=O) groups is 1. The maximum Gasteiger partial charge on any atom is 0.239 e. The molecule has 3 nitrogen and oxygen atoms in total. The summed E-state index contributed by atoms with van der Waals surface area (Å²) < 4.78 is 13.4. The quantitative estimate of drug-likeness (QED) is 0.892. The first-order valence-corrected chi connectivity index (χ1v) is 6.83. The van der Waals surface area contributed by atoms with Crippen molar-refractivity contribution in [1.29, 1.82) is 0 Å². The first-order chi connectivity index (χ1) is 9.08. The smallest absolute Gasteiger partial charge is 0.239 e. The van der Waals surface area contributed by atoms with Gasteiger partial charge in [0.15, 0.2) is 0 Å². The van der Waals surface area contributed by atoms with Crippen molar-refractivity contribution in [2.45, 2.75) is 12.6 Å². The summed E-state index contributed by atoms with van der Waals surface area (Å²) in [5.41, 5.74) is 5.81. The van der Waals surface area contributed by atoms with Gasteiger partial charge in [-0.1, -0.05) is 23.7 Å². The number of nitrogens with one attached hydrogen (secondary N) is 1. The molecular weight excluding hydrogens is 287 g/mol. The minimum Gasteiger partial charge on any atom is -0.368 e. The molecule has 1 aromatic heterocycles. The molecule has 1 aromatic carbocycles. The van der Waals surface area contributed by atoms with Gasteiger partial charge < -0.3 is 5.73 Å². The van der Waals surface area contributed by atoms with Gasteiger partial charge in [-0.2, -0.15) is 0 Å². The van der Waals surface area contributed by atoms with Crippen molar-refractivity contribution in [3.63, 3.8) is 0 Å². The molecule has 2 rings (SSSR count). The molecule has 0 saturated heterocycles. The second kappa shape index (κ2) is 6.14. The van der Waals surface area contributed by atoms with E-state index in [-0.39, 0.29) is 5.02 Å². The lowest BCUT2D eigenvalue weighted by molar-refractivity contribution is -0.120. The third kappa shape index (κ3) is 3.53. The fourth-order valence-corrected chi connectivity index (χ4v) is 2.46. The lowest BCUT2D eigenvalue weighted by atomic mass is 10.1. The normalized spacial score (nSPS) is 12.3. The van der Waals surface area contributed by atoms with Crippen molar-refractivity contribution in [3.05, 3.63) is 57.0 Å². The SMILES string of the molecule is NC(=O)C(NCc1cccs1)c1ccc(Cl)c(F)c1. The fourth-order valence-electron chi connectivity index (χ4n) is 1.69. The maximum atomic E-state index is 13.4. The molecule has 1 heterocycles. The van der Waals surface area contributed by atoms with Gasteiger partial charge in [-0.05, 0) is 29.1 Å². The number of halogens is 2. The summed E-state index contributed by atoms with van der Waals surface area (Å²) in [6.07, 6.45) is 0. The lowest BCUT2D eigenvalue weighted by Crippen LogP contribution is -2.33. The number of thiophene rings is 1. The molecule has 2 aromatic rings. The summed E-state index contributed by atoms with van der Waals surface area (Å²) in [7, 11) is 0. The number of amides is 1. The highest BCUT2D eigenvalue weighted by molar-refractivity contribution is 7.09. The Kier molecular flexibility index (Phi) is 4.52. The Balaban J connectivity index is 2.15. The van der Waals surface area contributed by atoms with Gasteiger partial charge in [0.25, 0.3) is 0 Å². The summed E-state index contributed by atoms with van der Waals surface area (Å²) in [6, 6.07) is 7.34. The summed E-state index contributed by atoms with van der Waals surface area (Å²) >= 11 is 7.18. The highest BCUT2D eigenvalue weighted by Gasteiger charge is 2.18. The molecule has 3 N–H and O–H groups in total. The minimum atomic E-state index is -0.742. The maximum absolute atomic E-state index is 13.4. The van der Waals surface area contributed by atoms with Gasteiger partial charge in [-0.25, -0.2) is 4.39 Å². The summed E-state index contributed by atoms with van der Waals surface area (Å²) in [5.74, 6) is -1.12. The van der Waals surface area contributed by atoms with Crippen LogP contribution in [0, 0.1) is 5.82 Å². The van der Waals surface area contributed by atoms with Crippen molar-refractivity contribution in [2.75, 3.05) is 0 Å². The van der Waals surface area contributed by atoms with E-state index in [1.807, 2.05) is 17.5 Å². The van der Waals surface area contributed by atoms with E-state index in [0.717, 1.165) is 4.88 Å². The number of hydrogen-bond donors (Lipinski definition) is 2. The first-order valence-electron chi connectivity index (χ1n) is 5.58. The van der Waals surface area contributed by atoms with Gasteiger partial charge in [0.1, 0.15) is 11.9 Å². The van der Waals surface area contributed by atoms with Crippen LogP contribution in [-0.4, -0.2) is 5.91 Å². The van der Waals surface area contributed by atoms with Crippen LogP contribution in [0.3, 0.4) is 0 Å². The molecule has 1 atom stereocenters. The van der Waals surface area contributed by atoms with E-state index in [2.05, 4.69) is 5.32 Å². The lowest BCUT2D eigenvalue weighted by Gasteiger charge is -2.15. The highest BCUT2D eigenvalue weighted by Crippen LogP contribution is 2.21. The van der Waals surface area contributed by atoms with Gasteiger partial charge in [-0.15, -0.1) is 11.3 Å². The predicted molar refractivity (Wildman–Crippen MR) is 74.5 cm³/mol. The first kappa shape index (κ1) is 14.0. The number of nitrogens with two attached hydrogens (primary N) is 1. The summed E-state index contributed by atoms with van der Waals surface area (Å²) in [4.78, 5) is 12.5. The van der Waals surface area contributed by atoms with Crippen LogP contribution in [0.25, 0.3) is 0 Å². The monoisotopic (exact) mass is 298 g/mol. The van der Waals surface area contributed by atoms with Crippen molar-refractivity contribution in [2.24, 2.45) is 5.73 Å². The second-order valence-electron chi connectivity index (χ2n) is 3.97. The van der Waals surface area contributed by atoms with Crippen molar-refractivity contribution in [3.8, 4) is 0 Å². The molecule has 0 fully saturated rings. The van der Waals surface area contributed by atoms with E-state index in [1.165, 1.54) is 12.1 Å². The van der Waals surface area contributed by atoms with Gasteiger partial charge in [0, 0.05) is 11.4 Å². The van der Waals surface area contributed by atoms with Crippen LogP contribution in [-0.2, 0) is 11.3 Å². The van der Waals surface area contributed by atoms with E-state index < -0.39 is 17.8 Å². The molecule has 100 valence electrons. The van der Waals surface area contributed by atoms with Gasteiger partial charge in [-0.3, -0.25) is 10.1 Å². The molecule has 0 aliphatic carbocycles. The molecule has 1 unspecified atom stereocenters. The largest absolute Gasteiger partial charge is 0.368 e. The molecule has 0 saturated carbocycles. The highest BCUT2D eigenvalue weighted by atomic mass is 35.5. The Morgan fingerprint density at radius 2 is 2.26 bits per heavy atom. The molecule has 0 spiro atoms. The van der Waals surface area contributed by atoms with Gasteiger partial charge >= 0.3 is 0 Å². The Hall–Kier alpha value is -1.43. The molecule has 0 bridgehead atoms. The van der Waals surface area contributed by atoms with E-state index in [4.69, 9.17) is 17.3 Å². The van der Waals surface area contributed by atoms with E-state index >= 15 is 0 Å². The molecule has 19 heavy (non-hydrogen) atoms. The molecule has 0 radical (unpaired) electrons. The topological polar surface area (TPSA) is 55.1 Å². The fraction of sp³-hybridized carbons (Fsp3) is 0.154. The second-order valence-corrected chi connectivity index (χ2v) is 5.41. The number of hydrogen-bond acceptors (Lipinski definition) is 3. The third-order valence-corrected chi connectivity index (χ3v) is 3.80. The molecular formula is C13H12ClFN2OS. The van der Waals surface area contributed by atoms with Crippen molar-refractivity contribution < 1.29 is 9.18 Å². The van der Waals surface area contributed by atoms with Gasteiger partial charge in [0.05, 0.1) is 5.02 Å². The summed E-state index contributed by atoms with van der Waals surface area (Å²) in [6.45, 7) is 0.496. The number of carbonyl (C=O) groups excluding carboxylic acids is 1. The standard InChI is InChI=1S/C13H12ClFN2OS/c14-10-4-3-8(6-11(10)15)12(13(16)18)17-7-9-2-1-5-19-9/h1-6,12,17H,7H2,(H2,16,18). The third-order valence-electron chi connectivity index (χ3n) is 2.62. The molecule has 0 aliphatic rings. The zero-order valence-electron chi connectivity index (χ0n) is 9.90. The van der Waals surface area contributed by atoms with Crippen LogP contribution in [0.15, 0.2) is 35.7 Å². The van der Waals surface area contributed by atoms with Crippen LogP contribution >= 0.6 is 22.9 Å². The van der Waals surface area contributed by atoms with Gasteiger partial charge in [0.2, 0.25) is 5.91 Å². The average Bonchev–Trinajstić information content (AvgIpc) is 2.86. The average molecular weight is 299 g/mol. The Bertz CT molecular complexity index is 574. The number of primary amides is 1. The Labute approximate surface area is 119 Å². The van der Waals surface area contributed by atoms with Crippen molar-refractivity contribution >= 4 is 28.8 Å². The number of rotatable bonds is 5.